The van der Waals surface area contributed by atoms with Crippen molar-refractivity contribution in [3.8, 4) is 0 Å². The van der Waals surface area contributed by atoms with Crippen molar-refractivity contribution in [3.63, 3.8) is 0 Å². The molecule has 1 heterocycles. The molecule has 2 nitrogen and oxygen atoms in total. The van der Waals surface area contributed by atoms with Crippen LogP contribution in [0.4, 0.5) is 0 Å². The molecular formula is C15H20ClNOS. The minimum absolute atomic E-state index is 0.401. The Balaban J connectivity index is 1.82. The fourth-order valence-electron chi connectivity index (χ4n) is 2.15. The van der Waals surface area contributed by atoms with E-state index in [0.717, 1.165) is 43.4 Å². The fraction of sp³-hybridized carbons (Fsp3) is 0.467. The van der Waals surface area contributed by atoms with E-state index in [4.69, 9.17) is 16.3 Å². The van der Waals surface area contributed by atoms with Crippen LogP contribution in [0.1, 0.15) is 24.4 Å². The first kappa shape index (κ1) is 14.9. The van der Waals surface area contributed by atoms with E-state index in [-0.39, 0.29) is 0 Å². The Morgan fingerprint density at radius 3 is 3.21 bits per heavy atom. The van der Waals surface area contributed by atoms with Crippen molar-refractivity contribution < 1.29 is 4.74 Å². The summed E-state index contributed by atoms with van der Waals surface area (Å²) in [7, 11) is 0. The van der Waals surface area contributed by atoms with Gasteiger partial charge >= 0.3 is 0 Å². The summed E-state index contributed by atoms with van der Waals surface area (Å²) in [5.74, 6) is 1.16. The van der Waals surface area contributed by atoms with Crippen molar-refractivity contribution in [2.75, 3.05) is 25.5 Å². The van der Waals surface area contributed by atoms with Crippen LogP contribution in [0.25, 0.3) is 0 Å². The molecule has 0 radical (unpaired) electrons. The third-order valence-electron chi connectivity index (χ3n) is 3.11. The molecular weight excluding hydrogens is 278 g/mol. The average Bonchev–Trinajstić information content (AvgIpc) is 2.43. The van der Waals surface area contributed by atoms with E-state index < -0.39 is 0 Å². The van der Waals surface area contributed by atoms with Crippen molar-refractivity contribution in [2.45, 2.75) is 23.8 Å². The van der Waals surface area contributed by atoms with Gasteiger partial charge in [0.25, 0.3) is 0 Å². The molecule has 19 heavy (non-hydrogen) atoms. The second kappa shape index (κ2) is 7.95. The van der Waals surface area contributed by atoms with Crippen LogP contribution >= 0.6 is 23.4 Å². The molecule has 0 saturated carbocycles. The number of nitrogens with one attached hydrogen (secondary N) is 1. The number of thioether (sulfide) groups is 1. The Morgan fingerprint density at radius 1 is 1.47 bits per heavy atom. The van der Waals surface area contributed by atoms with Crippen LogP contribution in [0.5, 0.6) is 0 Å². The highest BCUT2D eigenvalue weighted by atomic mass is 35.5. The standard InChI is InChI=1S/C15H20ClNOS/c1-2-3-8-18-9-7-17-14-6-10-19-15-5-4-12(16)11-13(14)15/h2,4-5,11,14,17H,1,3,6-10H2. The topological polar surface area (TPSA) is 21.3 Å². The molecule has 104 valence electrons. The van der Waals surface area contributed by atoms with Crippen molar-refractivity contribution in [1.29, 1.82) is 0 Å². The molecule has 1 aliphatic heterocycles. The maximum atomic E-state index is 6.09. The number of fused-ring (bicyclic) bond motifs is 1. The average molecular weight is 298 g/mol. The Labute approximate surface area is 124 Å². The van der Waals surface area contributed by atoms with Gasteiger partial charge in [-0.25, -0.2) is 0 Å². The molecule has 1 N–H and O–H groups in total. The smallest absolute Gasteiger partial charge is 0.0591 e. The van der Waals surface area contributed by atoms with Crippen LogP contribution < -0.4 is 5.32 Å². The highest BCUT2D eigenvalue weighted by Crippen LogP contribution is 2.37. The highest BCUT2D eigenvalue weighted by Gasteiger charge is 2.20. The molecule has 0 spiro atoms. The Hall–Kier alpha value is -0.480. The molecule has 1 aliphatic rings. The number of halogens is 1. The van der Waals surface area contributed by atoms with Gasteiger partial charge in [-0.15, -0.1) is 18.3 Å². The summed E-state index contributed by atoms with van der Waals surface area (Å²) in [5, 5.41) is 4.37. The van der Waals surface area contributed by atoms with Crippen LogP contribution in [0, 0.1) is 0 Å². The summed E-state index contributed by atoms with van der Waals surface area (Å²) in [5.41, 5.74) is 1.33. The summed E-state index contributed by atoms with van der Waals surface area (Å²) >= 11 is 8.00. The van der Waals surface area contributed by atoms with Crippen LogP contribution in [0.2, 0.25) is 5.02 Å². The molecule has 0 saturated heterocycles. The van der Waals surface area contributed by atoms with E-state index in [9.17, 15) is 0 Å². The van der Waals surface area contributed by atoms with Gasteiger partial charge in [0.1, 0.15) is 0 Å². The van der Waals surface area contributed by atoms with Crippen LogP contribution in [-0.4, -0.2) is 25.5 Å². The van der Waals surface area contributed by atoms with Crippen molar-refractivity contribution in [3.05, 3.63) is 41.4 Å². The van der Waals surface area contributed by atoms with Crippen molar-refractivity contribution in [2.24, 2.45) is 0 Å². The lowest BCUT2D eigenvalue weighted by molar-refractivity contribution is 0.138. The molecule has 0 fully saturated rings. The molecule has 1 unspecified atom stereocenters. The van der Waals surface area contributed by atoms with Crippen LogP contribution in [0.15, 0.2) is 35.7 Å². The lowest BCUT2D eigenvalue weighted by Gasteiger charge is -2.26. The van der Waals surface area contributed by atoms with Gasteiger partial charge in [0, 0.05) is 22.5 Å². The van der Waals surface area contributed by atoms with Gasteiger partial charge in [-0.2, -0.15) is 0 Å². The predicted octanol–water partition coefficient (Wildman–Crippen LogP) is 4.06. The Kier molecular flexibility index (Phi) is 6.24. The molecule has 0 aliphatic carbocycles. The lowest BCUT2D eigenvalue weighted by Crippen LogP contribution is -2.28. The van der Waals surface area contributed by atoms with E-state index in [2.05, 4.69) is 24.0 Å². The normalized spacial score (nSPS) is 18.1. The van der Waals surface area contributed by atoms with Gasteiger partial charge < -0.3 is 10.1 Å². The second-order valence-electron chi connectivity index (χ2n) is 4.52. The Bertz CT molecular complexity index is 425. The van der Waals surface area contributed by atoms with Crippen LogP contribution in [-0.2, 0) is 4.74 Å². The van der Waals surface area contributed by atoms with E-state index >= 15 is 0 Å². The first-order valence-electron chi connectivity index (χ1n) is 6.65. The van der Waals surface area contributed by atoms with Gasteiger partial charge in [-0.3, -0.25) is 0 Å². The number of hydrogen-bond acceptors (Lipinski definition) is 3. The zero-order valence-electron chi connectivity index (χ0n) is 11.0. The largest absolute Gasteiger partial charge is 0.380 e. The molecule has 1 aromatic carbocycles. The molecule has 1 atom stereocenters. The highest BCUT2D eigenvalue weighted by molar-refractivity contribution is 7.99. The second-order valence-corrected chi connectivity index (χ2v) is 6.09. The number of hydrogen-bond donors (Lipinski definition) is 1. The molecule has 1 aromatic rings. The molecule has 2 rings (SSSR count). The third kappa shape index (κ3) is 4.53. The van der Waals surface area contributed by atoms with Crippen LogP contribution in [0.3, 0.4) is 0 Å². The van der Waals surface area contributed by atoms with E-state index in [1.807, 2.05) is 23.9 Å². The predicted molar refractivity (Wildman–Crippen MR) is 83.2 cm³/mol. The number of benzene rings is 1. The molecule has 0 bridgehead atoms. The quantitative estimate of drug-likeness (QED) is 0.606. The molecule has 0 aromatic heterocycles. The Morgan fingerprint density at radius 2 is 2.37 bits per heavy atom. The van der Waals surface area contributed by atoms with Gasteiger partial charge in [-0.05, 0) is 42.4 Å². The maximum absolute atomic E-state index is 6.09. The first-order valence-corrected chi connectivity index (χ1v) is 8.02. The lowest BCUT2D eigenvalue weighted by atomic mass is 10.0. The fourth-order valence-corrected chi connectivity index (χ4v) is 3.44. The van der Waals surface area contributed by atoms with Gasteiger partial charge in [0.2, 0.25) is 0 Å². The maximum Gasteiger partial charge on any atom is 0.0591 e. The summed E-state index contributed by atoms with van der Waals surface area (Å²) in [6.07, 6.45) is 3.94. The minimum Gasteiger partial charge on any atom is -0.380 e. The van der Waals surface area contributed by atoms with E-state index in [0.29, 0.717) is 6.04 Å². The summed E-state index contributed by atoms with van der Waals surface area (Å²) in [6.45, 7) is 6.05. The van der Waals surface area contributed by atoms with Gasteiger partial charge in [0.05, 0.1) is 13.2 Å². The molecule has 0 amide bonds. The zero-order chi connectivity index (χ0) is 13.5. The zero-order valence-corrected chi connectivity index (χ0v) is 12.6. The van der Waals surface area contributed by atoms with Crippen molar-refractivity contribution >= 4 is 23.4 Å². The minimum atomic E-state index is 0.401. The summed E-state index contributed by atoms with van der Waals surface area (Å²) in [6, 6.07) is 6.57. The monoisotopic (exact) mass is 297 g/mol. The van der Waals surface area contributed by atoms with Gasteiger partial charge in [0.15, 0.2) is 0 Å². The van der Waals surface area contributed by atoms with E-state index in [1.54, 1.807) is 0 Å². The first-order chi connectivity index (χ1) is 9.31. The van der Waals surface area contributed by atoms with E-state index in [1.165, 1.54) is 10.5 Å². The SMILES string of the molecule is C=CCCOCCNC1CCSc2ccc(Cl)cc21. The van der Waals surface area contributed by atoms with Crippen molar-refractivity contribution in [1.82, 2.24) is 5.32 Å². The number of ether oxygens (including phenoxy) is 1. The summed E-state index contributed by atoms with van der Waals surface area (Å²) < 4.78 is 5.51. The number of rotatable bonds is 7. The summed E-state index contributed by atoms with van der Waals surface area (Å²) in [4.78, 5) is 1.35. The molecule has 4 heteroatoms. The van der Waals surface area contributed by atoms with Gasteiger partial charge in [-0.1, -0.05) is 17.7 Å². The third-order valence-corrected chi connectivity index (χ3v) is 4.47.